The van der Waals surface area contributed by atoms with Crippen LogP contribution in [0.4, 0.5) is 0 Å². The minimum atomic E-state index is -2.28. The molecule has 0 rings (SSSR count). The summed E-state index contributed by atoms with van der Waals surface area (Å²) in [4.78, 5) is 13.7. The average Bonchev–Trinajstić information content (AvgIpc) is 2.65. The Balaban J connectivity index is -0.0000000585. The summed E-state index contributed by atoms with van der Waals surface area (Å²) in [7, 11) is 7.90. The molecule has 0 aliphatic rings. The Hall–Kier alpha value is 2.88. The van der Waals surface area contributed by atoms with E-state index >= 15 is 0 Å². The molecule has 0 unspecified atom stereocenters. The third kappa shape index (κ3) is 121. The molecule has 37 heavy (non-hydrogen) atoms. The molecule has 0 heterocycles. The van der Waals surface area contributed by atoms with Crippen LogP contribution in [0.5, 0.6) is 0 Å². The molecule has 0 spiro atoms. The van der Waals surface area contributed by atoms with Gasteiger partial charge in [-0.2, -0.15) is 0 Å². The van der Waals surface area contributed by atoms with Crippen molar-refractivity contribution in [2.45, 2.75) is 111 Å². The van der Waals surface area contributed by atoms with Gasteiger partial charge in [0, 0.05) is 22.3 Å². The van der Waals surface area contributed by atoms with Crippen LogP contribution in [0.15, 0.2) is 0 Å². The Kier molecular flexibility index (Phi) is 41.7. The average molecular weight is 912 g/mol. The maximum atomic E-state index is 5.07. The molecule has 0 radical (unpaired) electrons. The quantitative estimate of drug-likeness (QED) is 0.248. The number of rotatable bonds is 6. The third-order valence-corrected chi connectivity index (χ3v) is 14.7. The van der Waals surface area contributed by atoms with Crippen LogP contribution in [0.1, 0.15) is 7.43 Å². The molecular weight excluding hydrogens is 835 g/mol. The summed E-state index contributed by atoms with van der Waals surface area (Å²) in [5, 5.41) is 0. The first-order valence-corrected chi connectivity index (χ1v) is 53.2. The van der Waals surface area contributed by atoms with Gasteiger partial charge in [-0.1, -0.05) is 33.6 Å². The second kappa shape index (κ2) is 27.7. The van der Waals surface area contributed by atoms with Crippen LogP contribution < -0.4 is 0 Å². The summed E-state index contributed by atoms with van der Waals surface area (Å²) in [6, 6.07) is 0. The number of hydrogen-bond acceptors (Lipinski definition) is 6. The van der Waals surface area contributed by atoms with Gasteiger partial charge in [-0.05, 0) is 13.1 Å². The van der Waals surface area contributed by atoms with E-state index in [9.17, 15) is 0 Å². The normalized spacial score (nSPS) is 11.7. The maximum absolute atomic E-state index is 5.07. The minimum absolute atomic E-state index is 0. The molecule has 0 atom stereocenters. The van der Waals surface area contributed by atoms with Crippen molar-refractivity contribution < 1.29 is 22.5 Å². The first-order valence-electron chi connectivity index (χ1n) is 12.7. The fourth-order valence-electron chi connectivity index (χ4n) is 0.250. The molecular formula is C25H76Ge2O6Si2Sn2. The first-order chi connectivity index (χ1) is 15.4. The van der Waals surface area contributed by atoms with Crippen molar-refractivity contribution in [2.24, 2.45) is 0 Å². The van der Waals surface area contributed by atoms with Gasteiger partial charge in [0.15, 0.2) is 0 Å². The molecule has 0 aromatic carbocycles. The van der Waals surface area contributed by atoms with E-state index in [-0.39, 0.29) is 7.43 Å². The second-order valence-electron chi connectivity index (χ2n) is 14.4. The van der Waals surface area contributed by atoms with E-state index in [0.29, 0.717) is 0 Å². The monoisotopic (exact) mass is 916 g/mol. The summed E-state index contributed by atoms with van der Waals surface area (Å²) < 4.78 is 30.3. The van der Waals surface area contributed by atoms with Gasteiger partial charge in [-0.25, -0.2) is 0 Å². The zero-order valence-corrected chi connectivity index (χ0v) is 41.4. The molecule has 0 saturated carbocycles. The van der Waals surface area contributed by atoms with Gasteiger partial charge >= 0.3 is 180 Å². The molecule has 0 amide bonds. The van der Waals surface area contributed by atoms with E-state index < -0.39 is 81.4 Å². The van der Waals surface area contributed by atoms with Crippen molar-refractivity contribution in [2.75, 3.05) is 42.7 Å². The summed E-state index contributed by atoms with van der Waals surface area (Å²) in [6.07, 6.45) is 0. The Labute approximate surface area is 254 Å². The van der Waals surface area contributed by atoms with Crippen molar-refractivity contribution in [1.82, 2.24) is 0 Å². The van der Waals surface area contributed by atoms with E-state index in [1.807, 2.05) is 24.6 Å². The zero-order chi connectivity index (χ0) is 31.2. The summed E-state index contributed by atoms with van der Waals surface area (Å²) in [5.74, 6) is 13.6. The Morgan fingerprint density at radius 2 is 0.676 bits per heavy atom. The van der Waals surface area contributed by atoms with E-state index in [1.165, 1.54) is 0 Å². The van der Waals surface area contributed by atoms with Gasteiger partial charge in [0.05, 0.1) is 0 Å². The molecule has 0 aromatic rings. The van der Waals surface area contributed by atoms with Crippen LogP contribution in [-0.4, -0.2) is 124 Å². The fourth-order valence-corrected chi connectivity index (χ4v) is 1.24. The second-order valence-corrected chi connectivity index (χ2v) is 71.7. The van der Waals surface area contributed by atoms with Crippen LogP contribution >= 0.6 is 0 Å². The molecule has 0 fully saturated rings. The fraction of sp³-hybridized carbons (Fsp3) is 1.00. The van der Waals surface area contributed by atoms with E-state index in [0.717, 1.165) is 0 Å². The van der Waals surface area contributed by atoms with E-state index in [1.54, 1.807) is 42.7 Å². The van der Waals surface area contributed by atoms with Gasteiger partial charge in [0.25, 0.3) is 0 Å². The van der Waals surface area contributed by atoms with E-state index in [2.05, 4.69) is 78.9 Å². The molecule has 0 aromatic heterocycles. The first kappa shape index (κ1) is 55.8. The van der Waals surface area contributed by atoms with Gasteiger partial charge < -0.3 is 8.85 Å². The van der Waals surface area contributed by atoms with Crippen LogP contribution in [0.3, 0.4) is 0 Å². The standard InChI is InChI=1S/C4H12GeO2.C4H12Ge.C4H12O2Si.C4H12Si.2CH3O.CH4.6CH3.2Sn/c1-5(2,6-3)7-4;1-5(2,3)4;1-5-7(3,4)6-2;1-5(2,3)4;2*1-2;;;;;;;;;/h1-4H3;1-4H3;1-4H3;1-4H3;2*1H3;1H4;6*1H3;;/q;;;;2*-1;;;;;;;;;+2. The predicted molar refractivity (Wildman–Crippen MR) is 189 cm³/mol. The topological polar surface area (TPSA) is 55.4 Å². The molecule has 6 nitrogen and oxygen atoms in total. The predicted octanol–water partition coefficient (Wildman–Crippen LogP) is 9.44. The van der Waals surface area contributed by atoms with Crippen molar-refractivity contribution in [3.05, 3.63) is 0 Å². The van der Waals surface area contributed by atoms with Gasteiger partial charge in [0.1, 0.15) is 0 Å². The van der Waals surface area contributed by atoms with Gasteiger partial charge in [-0.15, -0.1) is 0 Å². The molecule has 0 aliphatic heterocycles. The molecule has 0 N–H and O–H groups in total. The van der Waals surface area contributed by atoms with Crippen molar-refractivity contribution in [1.29, 1.82) is 0 Å². The molecule has 0 aliphatic carbocycles. The van der Waals surface area contributed by atoms with Crippen LogP contribution in [0, 0.1) is 0 Å². The Morgan fingerprint density at radius 3 is 0.676 bits per heavy atom. The SMILES string of the molecule is C.CO[Si](C)(C)OC.C[O][Ge]([CH3])([CH3])[O]C.C[O][Sn]([CH3])([CH3])[O]C.C[Si](C)(C)C.[CH3][Ge]([CH3])([CH3])[CH3].[CH3][Sn]([CH3])([CH3])[CH3]. The third-order valence-electron chi connectivity index (χ3n) is 2.95. The van der Waals surface area contributed by atoms with Gasteiger partial charge in [-0.3, -0.25) is 0 Å². The number of hydrogen-bond donors (Lipinski definition) is 0. The Bertz CT molecular complexity index is 365. The van der Waals surface area contributed by atoms with Gasteiger partial charge in [0.2, 0.25) is 0 Å². The van der Waals surface area contributed by atoms with E-state index in [4.69, 9.17) is 22.5 Å². The molecule has 0 bridgehead atoms. The van der Waals surface area contributed by atoms with Crippen LogP contribution in [-0.2, 0) is 22.5 Å². The van der Waals surface area contributed by atoms with Crippen molar-refractivity contribution in [3.8, 4) is 0 Å². The van der Waals surface area contributed by atoms with Crippen LogP contribution in [0.2, 0.25) is 103 Å². The summed E-state index contributed by atoms with van der Waals surface area (Å²) in [5.41, 5.74) is 0. The van der Waals surface area contributed by atoms with Crippen molar-refractivity contribution >= 4 is 81.4 Å². The molecule has 12 heteroatoms. The Morgan fingerprint density at radius 1 is 0.514 bits per heavy atom. The summed E-state index contributed by atoms with van der Waals surface area (Å²) in [6.45, 7) is 13.3. The molecule has 236 valence electrons. The zero-order valence-electron chi connectivity index (χ0n) is 29.4. The van der Waals surface area contributed by atoms with Crippen LogP contribution in [0.25, 0.3) is 0 Å². The van der Waals surface area contributed by atoms with Crippen molar-refractivity contribution in [3.63, 3.8) is 0 Å². The molecule has 0 saturated heterocycles. The summed E-state index contributed by atoms with van der Waals surface area (Å²) >= 11 is -6.55.